The Morgan fingerprint density at radius 3 is 2.38 bits per heavy atom. The third kappa shape index (κ3) is 4.97. The summed E-state index contributed by atoms with van der Waals surface area (Å²) in [7, 11) is 0. The van der Waals surface area contributed by atoms with Crippen molar-refractivity contribution in [1.29, 1.82) is 0 Å². The van der Waals surface area contributed by atoms with Gasteiger partial charge in [-0.25, -0.2) is 9.59 Å². The monoisotopic (exact) mass is 188 g/mol. The molecule has 0 aromatic heterocycles. The topological polar surface area (TPSA) is 72.8 Å². The molecule has 0 saturated carbocycles. The second kappa shape index (κ2) is 6.19. The fourth-order valence-corrected chi connectivity index (χ4v) is 0.620. The average molecular weight is 188 g/mol. The Kier molecular flexibility index (Phi) is 5.54. The van der Waals surface area contributed by atoms with Gasteiger partial charge in [-0.05, 0) is 13.3 Å². The molecule has 0 fully saturated rings. The minimum absolute atomic E-state index is 0.0703. The number of carbonyl (C=O) groups is 2. The molecule has 0 aliphatic heterocycles. The average Bonchev–Trinajstić information content (AvgIpc) is 2.09. The lowest BCUT2D eigenvalue weighted by Gasteiger charge is -2.02. The fourth-order valence-electron chi connectivity index (χ4n) is 0.620. The summed E-state index contributed by atoms with van der Waals surface area (Å²) in [6.07, 6.45) is 1.10. The van der Waals surface area contributed by atoms with Crippen molar-refractivity contribution in [1.82, 2.24) is 0 Å². The smallest absolute Gasteiger partial charge is 0.369 e. The van der Waals surface area contributed by atoms with Crippen LogP contribution in [0.2, 0.25) is 0 Å². The normalized spacial score (nSPS) is 11.1. The van der Waals surface area contributed by atoms with Crippen molar-refractivity contribution in [3.05, 3.63) is 11.6 Å². The van der Waals surface area contributed by atoms with Gasteiger partial charge >= 0.3 is 11.9 Å². The Labute approximate surface area is 75.9 Å². The number of carbonyl (C=O) groups excluding carboxylic acids is 1. The van der Waals surface area contributed by atoms with Crippen LogP contribution in [0.15, 0.2) is 11.6 Å². The Balaban J connectivity index is 4.23. The van der Waals surface area contributed by atoms with Crippen LogP contribution in [-0.2, 0) is 19.4 Å². The summed E-state index contributed by atoms with van der Waals surface area (Å²) in [6.45, 7) is 3.54. The number of hydrogen-bond acceptors (Lipinski definition) is 4. The summed E-state index contributed by atoms with van der Waals surface area (Å²) in [6, 6.07) is 0. The van der Waals surface area contributed by atoms with Crippen LogP contribution in [0.3, 0.4) is 0 Å². The van der Waals surface area contributed by atoms with Gasteiger partial charge in [-0.1, -0.05) is 6.92 Å². The lowest BCUT2D eigenvalue weighted by atomic mass is 10.2. The van der Waals surface area contributed by atoms with E-state index in [-0.39, 0.29) is 18.6 Å². The highest BCUT2D eigenvalue weighted by atomic mass is 17.2. The first-order valence-electron chi connectivity index (χ1n) is 3.89. The highest BCUT2D eigenvalue weighted by Gasteiger charge is 2.11. The molecule has 0 unspecified atom stereocenters. The largest absolute Gasteiger partial charge is 0.478 e. The van der Waals surface area contributed by atoms with E-state index in [4.69, 9.17) is 5.11 Å². The van der Waals surface area contributed by atoms with Crippen molar-refractivity contribution >= 4 is 11.9 Å². The quantitative estimate of drug-likeness (QED) is 0.394. The molecule has 0 saturated heterocycles. The van der Waals surface area contributed by atoms with Crippen molar-refractivity contribution < 1.29 is 24.5 Å². The van der Waals surface area contributed by atoms with Crippen LogP contribution < -0.4 is 0 Å². The molecule has 0 aliphatic rings. The van der Waals surface area contributed by atoms with E-state index in [1.54, 1.807) is 13.8 Å². The highest BCUT2D eigenvalue weighted by Crippen LogP contribution is 2.03. The first-order valence-corrected chi connectivity index (χ1v) is 3.89. The summed E-state index contributed by atoms with van der Waals surface area (Å²) in [5.74, 6) is -1.93. The molecule has 74 valence electrons. The van der Waals surface area contributed by atoms with E-state index < -0.39 is 11.9 Å². The lowest BCUT2D eigenvalue weighted by Crippen LogP contribution is -2.09. The number of rotatable bonds is 5. The maximum absolute atomic E-state index is 11.0. The van der Waals surface area contributed by atoms with Crippen LogP contribution in [0.25, 0.3) is 0 Å². The second-order valence-corrected chi connectivity index (χ2v) is 2.14. The molecule has 0 rings (SSSR count). The van der Waals surface area contributed by atoms with Crippen LogP contribution >= 0.6 is 0 Å². The number of hydrogen-bond donors (Lipinski definition) is 1. The zero-order valence-corrected chi connectivity index (χ0v) is 7.57. The Hall–Kier alpha value is -1.36. The molecule has 0 aromatic rings. The fraction of sp³-hybridized carbons (Fsp3) is 0.500. The van der Waals surface area contributed by atoms with Crippen molar-refractivity contribution in [2.75, 3.05) is 6.61 Å². The minimum Gasteiger partial charge on any atom is -0.478 e. The highest BCUT2D eigenvalue weighted by molar-refractivity contribution is 5.95. The number of carboxylic acid groups (broad SMARTS) is 1. The second-order valence-electron chi connectivity index (χ2n) is 2.14. The van der Waals surface area contributed by atoms with Gasteiger partial charge in [0.25, 0.3) is 0 Å². The molecule has 0 heterocycles. The first kappa shape index (κ1) is 11.6. The molecule has 5 nitrogen and oxygen atoms in total. The molecule has 0 bridgehead atoms. The van der Waals surface area contributed by atoms with E-state index in [0.717, 1.165) is 6.08 Å². The van der Waals surface area contributed by atoms with Gasteiger partial charge in [0.1, 0.15) is 0 Å². The standard InChI is InChI=1S/C8H12O5/c1-3-6(5-7(9)10)8(11)13-12-4-2/h5H,3-4H2,1-2H3,(H,9,10)/b6-5-. The van der Waals surface area contributed by atoms with Crippen LogP contribution in [0, 0.1) is 0 Å². The maximum Gasteiger partial charge on any atom is 0.369 e. The van der Waals surface area contributed by atoms with Crippen molar-refractivity contribution in [3.63, 3.8) is 0 Å². The van der Waals surface area contributed by atoms with Crippen LogP contribution in [0.4, 0.5) is 0 Å². The van der Waals surface area contributed by atoms with Gasteiger partial charge in [0.15, 0.2) is 0 Å². The maximum atomic E-state index is 11.0. The molecule has 13 heavy (non-hydrogen) atoms. The van der Waals surface area contributed by atoms with Gasteiger partial charge in [-0.2, -0.15) is 4.89 Å². The zero-order chi connectivity index (χ0) is 10.3. The third-order valence-corrected chi connectivity index (χ3v) is 1.19. The summed E-state index contributed by atoms with van der Waals surface area (Å²) >= 11 is 0. The van der Waals surface area contributed by atoms with Gasteiger partial charge in [-0.3, -0.25) is 4.89 Å². The number of aliphatic carboxylic acids is 1. The summed E-state index contributed by atoms with van der Waals surface area (Å²) in [5, 5.41) is 8.36. The van der Waals surface area contributed by atoms with E-state index in [2.05, 4.69) is 9.78 Å². The van der Waals surface area contributed by atoms with Gasteiger partial charge < -0.3 is 5.11 Å². The van der Waals surface area contributed by atoms with E-state index in [1.807, 2.05) is 0 Å². The Bertz CT molecular complexity index is 219. The third-order valence-electron chi connectivity index (χ3n) is 1.19. The van der Waals surface area contributed by atoms with Crippen molar-refractivity contribution in [2.45, 2.75) is 20.3 Å². The van der Waals surface area contributed by atoms with Crippen molar-refractivity contribution in [2.24, 2.45) is 0 Å². The van der Waals surface area contributed by atoms with Gasteiger partial charge in [0.2, 0.25) is 0 Å². The predicted octanol–water partition coefficient (Wildman–Crippen LogP) is 0.902. The molecule has 1 N–H and O–H groups in total. The van der Waals surface area contributed by atoms with E-state index >= 15 is 0 Å². The molecular formula is C8H12O5. The molecule has 0 atom stereocenters. The van der Waals surface area contributed by atoms with Crippen LogP contribution in [0.1, 0.15) is 20.3 Å². The molecule has 5 heteroatoms. The SMILES string of the molecule is CCOOC(=O)/C(=C\C(=O)O)CC. The predicted molar refractivity (Wildman–Crippen MR) is 43.7 cm³/mol. The van der Waals surface area contributed by atoms with E-state index in [1.165, 1.54) is 0 Å². The molecule has 0 radical (unpaired) electrons. The molecule has 0 aliphatic carbocycles. The van der Waals surface area contributed by atoms with E-state index in [9.17, 15) is 9.59 Å². The van der Waals surface area contributed by atoms with E-state index in [0.29, 0.717) is 0 Å². The minimum atomic E-state index is -1.18. The lowest BCUT2D eigenvalue weighted by molar-refractivity contribution is -0.265. The molecule has 0 aromatic carbocycles. The van der Waals surface area contributed by atoms with Gasteiger partial charge in [0.05, 0.1) is 6.61 Å². The molecule has 0 spiro atoms. The van der Waals surface area contributed by atoms with Crippen LogP contribution in [0.5, 0.6) is 0 Å². The first-order chi connectivity index (χ1) is 6.11. The van der Waals surface area contributed by atoms with Gasteiger partial charge in [0, 0.05) is 11.6 Å². The van der Waals surface area contributed by atoms with Crippen molar-refractivity contribution in [3.8, 4) is 0 Å². The molecular weight excluding hydrogens is 176 g/mol. The zero-order valence-electron chi connectivity index (χ0n) is 7.57. The number of carboxylic acids is 1. The Morgan fingerprint density at radius 2 is 2.00 bits per heavy atom. The summed E-state index contributed by atoms with van der Waals surface area (Å²) < 4.78 is 0. The van der Waals surface area contributed by atoms with Crippen LogP contribution in [-0.4, -0.2) is 23.7 Å². The Morgan fingerprint density at radius 1 is 1.38 bits per heavy atom. The summed E-state index contributed by atoms with van der Waals surface area (Å²) in [5.41, 5.74) is 0.0703. The van der Waals surface area contributed by atoms with Gasteiger partial charge in [-0.15, -0.1) is 0 Å². The summed E-state index contributed by atoms with van der Waals surface area (Å²) in [4.78, 5) is 29.9. The molecule has 0 amide bonds.